The summed E-state index contributed by atoms with van der Waals surface area (Å²) >= 11 is 3.40. The monoisotopic (exact) mass is 334 g/mol. The lowest BCUT2D eigenvalue weighted by molar-refractivity contribution is -0.129. The molecule has 20 heavy (non-hydrogen) atoms. The van der Waals surface area contributed by atoms with Crippen LogP contribution in [0.4, 0.5) is 0 Å². The van der Waals surface area contributed by atoms with Crippen LogP contribution in [0.15, 0.2) is 28.9 Å². The van der Waals surface area contributed by atoms with Crippen molar-refractivity contribution in [2.45, 2.75) is 6.61 Å². The van der Waals surface area contributed by atoms with Gasteiger partial charge in [-0.15, -0.1) is 0 Å². The van der Waals surface area contributed by atoms with Gasteiger partial charge in [-0.1, -0.05) is 0 Å². The Bertz CT molecular complexity index is 798. The zero-order valence-electron chi connectivity index (χ0n) is 10.6. The van der Waals surface area contributed by atoms with Crippen molar-refractivity contribution in [2.75, 3.05) is 7.11 Å². The molecule has 3 rings (SSSR count). The zero-order chi connectivity index (χ0) is 14.1. The predicted octanol–water partition coefficient (Wildman–Crippen LogP) is 3.16. The van der Waals surface area contributed by atoms with Crippen molar-refractivity contribution < 1.29 is 14.3 Å². The molecule has 0 saturated heterocycles. The molecule has 0 aliphatic carbocycles. The summed E-state index contributed by atoms with van der Waals surface area (Å²) < 4.78 is 11.1. The third kappa shape index (κ3) is 2.12. The maximum absolute atomic E-state index is 10.3. The second kappa shape index (κ2) is 5.13. The molecule has 1 N–H and O–H groups in total. The lowest BCUT2D eigenvalue weighted by Gasteiger charge is -2.06. The van der Waals surface area contributed by atoms with Gasteiger partial charge in [0.15, 0.2) is 0 Å². The molecule has 2 aromatic heterocycles. The van der Waals surface area contributed by atoms with E-state index in [1.807, 2.05) is 18.2 Å². The van der Waals surface area contributed by atoms with Gasteiger partial charge in [0, 0.05) is 10.7 Å². The Morgan fingerprint density at radius 2 is 2.20 bits per heavy atom. The summed E-state index contributed by atoms with van der Waals surface area (Å²) in [5, 5.41) is 0.921. The van der Waals surface area contributed by atoms with Crippen molar-refractivity contribution in [1.82, 2.24) is 9.97 Å². The van der Waals surface area contributed by atoms with Crippen LogP contribution in [0, 0.1) is 0 Å². The minimum atomic E-state index is 0.211. The molecule has 6 heteroatoms. The molecule has 0 aliphatic rings. The third-order valence-electron chi connectivity index (χ3n) is 3.06. The van der Waals surface area contributed by atoms with Crippen LogP contribution in [0.3, 0.4) is 0 Å². The highest BCUT2D eigenvalue weighted by molar-refractivity contribution is 9.10. The van der Waals surface area contributed by atoms with Gasteiger partial charge in [0.25, 0.3) is 6.47 Å². The van der Waals surface area contributed by atoms with E-state index in [1.165, 1.54) is 0 Å². The third-order valence-corrected chi connectivity index (χ3v) is 3.49. The number of fused-ring (bicyclic) bond motifs is 3. The second-order valence-electron chi connectivity index (χ2n) is 4.30. The Morgan fingerprint density at radius 1 is 1.35 bits per heavy atom. The summed E-state index contributed by atoms with van der Waals surface area (Å²) in [7, 11) is 1.61. The molecule has 0 aliphatic heterocycles. The van der Waals surface area contributed by atoms with Crippen LogP contribution in [-0.4, -0.2) is 23.5 Å². The van der Waals surface area contributed by atoms with Crippen LogP contribution < -0.4 is 4.74 Å². The number of rotatable bonds is 4. The number of aromatic nitrogens is 2. The minimum absolute atomic E-state index is 0.211. The SMILES string of the molecule is COc1cc(COC=O)cc2[nH]c3cc(Br)cnc3c12. The van der Waals surface area contributed by atoms with Gasteiger partial charge in [0.2, 0.25) is 0 Å². The van der Waals surface area contributed by atoms with Gasteiger partial charge in [-0.25, -0.2) is 0 Å². The van der Waals surface area contributed by atoms with Crippen molar-refractivity contribution >= 4 is 44.3 Å². The molecule has 0 unspecified atom stereocenters. The first-order valence-corrected chi connectivity index (χ1v) is 6.71. The van der Waals surface area contributed by atoms with E-state index in [4.69, 9.17) is 9.47 Å². The number of benzene rings is 1. The Morgan fingerprint density at radius 3 is 2.95 bits per heavy atom. The minimum Gasteiger partial charge on any atom is -0.496 e. The van der Waals surface area contributed by atoms with Crippen LogP contribution in [-0.2, 0) is 16.1 Å². The number of methoxy groups -OCH3 is 1. The first kappa shape index (κ1) is 12.9. The van der Waals surface area contributed by atoms with E-state index < -0.39 is 0 Å². The van der Waals surface area contributed by atoms with E-state index in [2.05, 4.69) is 25.9 Å². The lowest BCUT2D eigenvalue weighted by Crippen LogP contribution is -1.92. The number of hydrogen-bond acceptors (Lipinski definition) is 4. The molecule has 0 spiro atoms. The second-order valence-corrected chi connectivity index (χ2v) is 5.22. The maximum atomic E-state index is 10.3. The number of carbonyl (C=O) groups excluding carboxylic acids is 1. The fourth-order valence-corrected chi connectivity index (χ4v) is 2.60. The summed E-state index contributed by atoms with van der Waals surface area (Å²) in [5.41, 5.74) is 3.52. The van der Waals surface area contributed by atoms with Gasteiger partial charge in [-0.05, 0) is 39.7 Å². The van der Waals surface area contributed by atoms with E-state index in [0.29, 0.717) is 12.2 Å². The Labute approximate surface area is 123 Å². The first-order valence-electron chi connectivity index (χ1n) is 5.92. The zero-order valence-corrected chi connectivity index (χ0v) is 12.2. The molecule has 102 valence electrons. The summed E-state index contributed by atoms with van der Waals surface area (Å²) in [6, 6.07) is 5.74. The van der Waals surface area contributed by atoms with E-state index >= 15 is 0 Å². The molecule has 5 nitrogen and oxygen atoms in total. The smallest absolute Gasteiger partial charge is 0.293 e. The highest BCUT2D eigenvalue weighted by atomic mass is 79.9. The maximum Gasteiger partial charge on any atom is 0.293 e. The van der Waals surface area contributed by atoms with Crippen molar-refractivity contribution in [3.05, 3.63) is 34.4 Å². The van der Waals surface area contributed by atoms with Crippen LogP contribution >= 0.6 is 15.9 Å². The summed E-state index contributed by atoms with van der Waals surface area (Å²) in [5.74, 6) is 0.702. The number of pyridine rings is 1. The lowest BCUT2D eigenvalue weighted by atomic mass is 10.1. The number of hydrogen-bond donors (Lipinski definition) is 1. The van der Waals surface area contributed by atoms with Crippen molar-refractivity contribution in [2.24, 2.45) is 0 Å². The first-order chi connectivity index (χ1) is 9.72. The number of aromatic amines is 1. The summed E-state index contributed by atoms with van der Waals surface area (Å²) in [4.78, 5) is 18.0. The molecule has 3 aromatic rings. The van der Waals surface area contributed by atoms with Crippen LogP contribution in [0.5, 0.6) is 5.75 Å². The number of nitrogens with zero attached hydrogens (tertiary/aromatic N) is 1. The summed E-state index contributed by atoms with van der Waals surface area (Å²) in [6.45, 7) is 0.642. The van der Waals surface area contributed by atoms with Crippen LogP contribution in [0.2, 0.25) is 0 Å². The Kier molecular flexibility index (Phi) is 3.31. The van der Waals surface area contributed by atoms with Gasteiger partial charge >= 0.3 is 0 Å². The highest BCUT2D eigenvalue weighted by Gasteiger charge is 2.13. The predicted molar refractivity (Wildman–Crippen MR) is 78.7 cm³/mol. The number of carbonyl (C=O) groups is 1. The molecule has 0 radical (unpaired) electrons. The molecule has 0 bridgehead atoms. The Balaban J connectivity index is 2.27. The number of H-pyrrole nitrogens is 1. The van der Waals surface area contributed by atoms with Crippen LogP contribution in [0.1, 0.15) is 5.56 Å². The number of halogens is 1. The molecule has 0 atom stereocenters. The van der Waals surface area contributed by atoms with E-state index in [1.54, 1.807) is 13.3 Å². The van der Waals surface area contributed by atoms with Crippen molar-refractivity contribution in [1.29, 1.82) is 0 Å². The van der Waals surface area contributed by atoms with E-state index in [-0.39, 0.29) is 6.61 Å². The molecule has 2 heterocycles. The van der Waals surface area contributed by atoms with E-state index in [9.17, 15) is 4.79 Å². The van der Waals surface area contributed by atoms with Crippen molar-refractivity contribution in [3.63, 3.8) is 0 Å². The van der Waals surface area contributed by atoms with E-state index in [0.717, 1.165) is 32.0 Å². The van der Waals surface area contributed by atoms with Crippen LogP contribution in [0.25, 0.3) is 21.9 Å². The molecular formula is C14H11BrN2O3. The quantitative estimate of drug-likeness (QED) is 0.744. The average molecular weight is 335 g/mol. The topological polar surface area (TPSA) is 64.2 Å². The fourth-order valence-electron chi connectivity index (χ4n) is 2.27. The molecule has 0 saturated carbocycles. The number of nitrogens with one attached hydrogen (secondary N) is 1. The standard InChI is InChI=1S/C14H11BrN2O3/c1-19-12-3-8(6-20-7-18)2-10-13(12)14-11(17-10)4-9(15)5-16-14/h2-5,7,17H,6H2,1H3. The van der Waals surface area contributed by atoms with Gasteiger partial charge < -0.3 is 14.5 Å². The largest absolute Gasteiger partial charge is 0.496 e. The normalized spacial score (nSPS) is 10.9. The van der Waals surface area contributed by atoms with Gasteiger partial charge in [-0.3, -0.25) is 9.78 Å². The average Bonchev–Trinajstić information content (AvgIpc) is 2.81. The molecule has 1 aromatic carbocycles. The van der Waals surface area contributed by atoms with Gasteiger partial charge in [0.05, 0.1) is 29.0 Å². The Hall–Kier alpha value is -2.08. The van der Waals surface area contributed by atoms with Gasteiger partial charge in [-0.2, -0.15) is 0 Å². The van der Waals surface area contributed by atoms with Gasteiger partial charge in [0.1, 0.15) is 12.4 Å². The highest BCUT2D eigenvalue weighted by Crippen LogP contribution is 2.34. The molecular weight excluding hydrogens is 324 g/mol. The molecule has 0 amide bonds. The van der Waals surface area contributed by atoms with Crippen molar-refractivity contribution in [3.8, 4) is 5.75 Å². The fraction of sp³-hybridized carbons (Fsp3) is 0.143. The molecule has 0 fully saturated rings. The summed E-state index contributed by atoms with van der Waals surface area (Å²) in [6.07, 6.45) is 1.75. The number of ether oxygens (including phenoxy) is 2.